The van der Waals surface area contributed by atoms with E-state index < -0.39 is 10.0 Å². The fraction of sp³-hybridized carbons (Fsp3) is 0.423. The number of piperidine rings is 1. The largest absolute Gasteiger partial charge is 0.482 e. The normalized spacial score (nSPS) is 21.1. The maximum absolute atomic E-state index is 13.5. The van der Waals surface area contributed by atoms with E-state index in [0.717, 1.165) is 40.2 Å². The molecule has 1 aliphatic carbocycles. The lowest BCUT2D eigenvalue weighted by atomic mass is 10.1. The van der Waals surface area contributed by atoms with Crippen molar-refractivity contribution in [3.8, 4) is 17.3 Å². The summed E-state index contributed by atoms with van der Waals surface area (Å²) in [5, 5.41) is 0.855. The number of imidazole rings is 1. The van der Waals surface area contributed by atoms with Crippen LogP contribution >= 0.6 is 0 Å². The number of hydrogen-bond acceptors (Lipinski definition) is 7. The summed E-state index contributed by atoms with van der Waals surface area (Å²) in [6.07, 6.45) is 3.16. The summed E-state index contributed by atoms with van der Waals surface area (Å²) < 4.78 is 34.7. The maximum atomic E-state index is 13.5. The van der Waals surface area contributed by atoms with E-state index in [1.165, 1.54) is 7.05 Å². The van der Waals surface area contributed by atoms with E-state index in [9.17, 15) is 13.2 Å². The van der Waals surface area contributed by atoms with Crippen LogP contribution in [0.5, 0.6) is 5.88 Å². The predicted octanol–water partition coefficient (Wildman–Crippen LogP) is 2.16. The van der Waals surface area contributed by atoms with Crippen LogP contribution < -0.4 is 14.8 Å². The first-order valence-corrected chi connectivity index (χ1v) is 14.4. The highest BCUT2D eigenvalue weighted by Crippen LogP contribution is 2.38. The molecule has 5 heterocycles. The number of ether oxygens (including phenoxy) is 1. The minimum Gasteiger partial charge on any atom is -0.482 e. The number of aryl methyl sites for hydroxylation is 2. The first-order chi connectivity index (χ1) is 18.0. The van der Waals surface area contributed by atoms with Crippen LogP contribution in [-0.4, -0.2) is 77.2 Å². The first kappa shape index (κ1) is 24.7. The Labute approximate surface area is 220 Å². The zero-order valence-corrected chi connectivity index (χ0v) is 22.9. The number of rotatable bonds is 5. The van der Waals surface area contributed by atoms with Gasteiger partial charge in [0.2, 0.25) is 10.0 Å². The van der Waals surface area contributed by atoms with E-state index >= 15 is 0 Å². The molecule has 1 saturated heterocycles. The van der Waals surface area contributed by atoms with E-state index in [1.54, 1.807) is 25.3 Å². The molecular formula is C26H31N7O4S. The zero-order valence-electron chi connectivity index (χ0n) is 22.0. The Morgan fingerprint density at radius 1 is 1.18 bits per heavy atom. The number of nitrogens with zero attached hydrogens (tertiary/aromatic N) is 6. The van der Waals surface area contributed by atoms with Crippen molar-refractivity contribution < 1.29 is 17.9 Å². The van der Waals surface area contributed by atoms with Gasteiger partial charge in [-0.25, -0.2) is 18.4 Å². The summed E-state index contributed by atoms with van der Waals surface area (Å²) in [5.41, 5.74) is 10.5. The Bertz CT molecular complexity index is 1720. The number of likely N-dealkylation sites (tertiary alicyclic amines) is 1. The van der Waals surface area contributed by atoms with Gasteiger partial charge in [0.25, 0.3) is 5.91 Å². The molecular weight excluding hydrogens is 506 g/mol. The lowest BCUT2D eigenvalue weighted by Crippen LogP contribution is -2.41. The van der Waals surface area contributed by atoms with Crippen molar-refractivity contribution in [1.29, 1.82) is 0 Å². The highest BCUT2D eigenvalue weighted by molar-refractivity contribution is 7.92. The van der Waals surface area contributed by atoms with Gasteiger partial charge in [-0.3, -0.25) is 13.5 Å². The smallest absolute Gasteiger partial charge is 0.254 e. The minimum atomic E-state index is -3.44. The summed E-state index contributed by atoms with van der Waals surface area (Å²) in [6, 6.07) is 9.20. The van der Waals surface area contributed by atoms with Crippen LogP contribution in [0.4, 0.5) is 5.82 Å². The minimum absolute atomic E-state index is 0.0441. The third-order valence-corrected chi connectivity index (χ3v) is 9.39. The van der Waals surface area contributed by atoms with Gasteiger partial charge in [-0.2, -0.15) is 0 Å². The van der Waals surface area contributed by atoms with Gasteiger partial charge < -0.3 is 19.9 Å². The van der Waals surface area contributed by atoms with Crippen molar-refractivity contribution in [2.24, 2.45) is 18.7 Å². The monoisotopic (exact) mass is 537 g/mol. The number of carbonyl (C=O) groups excluding carboxylic acids is 1. The van der Waals surface area contributed by atoms with Gasteiger partial charge in [-0.1, -0.05) is 0 Å². The van der Waals surface area contributed by atoms with Gasteiger partial charge in [0.1, 0.15) is 22.8 Å². The number of carbonyl (C=O) groups is 1. The lowest BCUT2D eigenvalue weighted by molar-refractivity contribution is 0.0700. The second kappa shape index (κ2) is 8.43. The van der Waals surface area contributed by atoms with Crippen LogP contribution in [-0.2, 0) is 17.1 Å². The molecule has 1 saturated carbocycles. The van der Waals surface area contributed by atoms with Gasteiger partial charge in [0.05, 0.1) is 24.8 Å². The Hall–Kier alpha value is -3.64. The quantitative estimate of drug-likeness (QED) is 0.413. The summed E-state index contributed by atoms with van der Waals surface area (Å²) in [6.45, 7) is 2.64. The van der Waals surface area contributed by atoms with Crippen molar-refractivity contribution in [2.75, 3.05) is 31.3 Å². The second-order valence-electron chi connectivity index (χ2n) is 10.4. The van der Waals surface area contributed by atoms with Gasteiger partial charge in [0.15, 0.2) is 5.88 Å². The molecule has 0 spiro atoms. The van der Waals surface area contributed by atoms with Crippen molar-refractivity contribution >= 4 is 38.4 Å². The summed E-state index contributed by atoms with van der Waals surface area (Å²) in [4.78, 5) is 24.9. The molecule has 38 heavy (non-hydrogen) atoms. The number of fused-ring (bicyclic) bond motifs is 4. The molecule has 0 unspecified atom stereocenters. The molecule has 1 aliphatic heterocycles. The highest BCUT2D eigenvalue weighted by Gasteiger charge is 2.47. The molecule has 2 fully saturated rings. The summed E-state index contributed by atoms with van der Waals surface area (Å²) in [7, 11) is 1.49. The predicted molar refractivity (Wildman–Crippen MR) is 145 cm³/mol. The van der Waals surface area contributed by atoms with E-state index in [4.69, 9.17) is 15.5 Å². The number of aromatic nitrogens is 4. The van der Waals surface area contributed by atoms with E-state index in [-0.39, 0.29) is 18.0 Å². The van der Waals surface area contributed by atoms with Crippen LogP contribution in [0.25, 0.3) is 28.1 Å². The Balaban J connectivity index is 1.44. The molecule has 0 radical (unpaired) electrons. The number of nitrogens with two attached hydrogens (primary N) is 1. The topological polar surface area (TPSA) is 128 Å². The van der Waals surface area contributed by atoms with Crippen LogP contribution in [0.15, 0.2) is 30.3 Å². The molecule has 2 aliphatic rings. The van der Waals surface area contributed by atoms with E-state index in [0.29, 0.717) is 46.7 Å². The van der Waals surface area contributed by atoms with Crippen molar-refractivity contribution in [3.05, 3.63) is 41.6 Å². The van der Waals surface area contributed by atoms with Gasteiger partial charge in [-0.15, -0.1) is 0 Å². The molecule has 4 aromatic heterocycles. The second-order valence-corrected chi connectivity index (χ2v) is 12.4. The molecule has 11 nitrogen and oxygen atoms in total. The number of sulfonamides is 1. The Morgan fingerprint density at radius 2 is 1.95 bits per heavy atom. The molecule has 12 heteroatoms. The zero-order chi connectivity index (χ0) is 27.1. The number of hydrogen-bond donors (Lipinski definition) is 1. The van der Waals surface area contributed by atoms with E-state index in [2.05, 4.69) is 4.98 Å². The van der Waals surface area contributed by atoms with Crippen LogP contribution in [0.3, 0.4) is 0 Å². The fourth-order valence-electron chi connectivity index (χ4n) is 6.00. The average Bonchev–Trinajstić information content (AvgIpc) is 3.62. The third kappa shape index (κ3) is 3.57. The van der Waals surface area contributed by atoms with Crippen molar-refractivity contribution in [2.45, 2.75) is 31.8 Å². The summed E-state index contributed by atoms with van der Waals surface area (Å²) in [5.74, 6) is 1.17. The van der Waals surface area contributed by atoms with Gasteiger partial charge in [0, 0.05) is 49.7 Å². The van der Waals surface area contributed by atoms with E-state index in [1.807, 2.05) is 40.0 Å². The number of methoxy groups -OCH3 is 1. The molecule has 4 aromatic rings. The molecule has 2 N–H and O–H groups in total. The van der Waals surface area contributed by atoms with Gasteiger partial charge >= 0.3 is 0 Å². The van der Waals surface area contributed by atoms with Crippen LogP contribution in [0.2, 0.25) is 0 Å². The van der Waals surface area contributed by atoms with Crippen molar-refractivity contribution in [3.63, 3.8) is 0 Å². The standard InChI is InChI=1S/C26H31N7O4S/c1-14-24(19-10-15-7-9-20(29-25(15)30(19)2)31(3)38(5,35)36)28-21-11-17(12-22(37-4)33(14)21)26(34)32-13-16-6-8-18(32)23(16)27/h7,9-12,16,18,23H,6,8,13,27H2,1-5H3/t16-,18-,23-/m1/s1. The number of pyridine rings is 2. The maximum Gasteiger partial charge on any atom is 0.254 e. The average molecular weight is 538 g/mol. The molecule has 0 aromatic carbocycles. The Kier molecular flexibility index (Phi) is 5.48. The molecule has 6 rings (SSSR count). The number of anilines is 1. The Morgan fingerprint density at radius 3 is 2.58 bits per heavy atom. The van der Waals surface area contributed by atoms with Crippen LogP contribution in [0.1, 0.15) is 28.9 Å². The van der Waals surface area contributed by atoms with Gasteiger partial charge in [-0.05, 0) is 49.9 Å². The summed E-state index contributed by atoms with van der Waals surface area (Å²) >= 11 is 0. The molecule has 1 amide bonds. The molecule has 200 valence electrons. The number of amides is 1. The first-order valence-electron chi connectivity index (χ1n) is 12.5. The fourth-order valence-corrected chi connectivity index (χ4v) is 6.44. The molecule has 3 atom stereocenters. The SMILES string of the molecule is COc1cc(C(=O)N2C[C@H]3CC[C@@H]2[C@@H]3N)cc2nc(-c3cc4ccc(N(C)S(C)(=O)=O)nc4n3C)c(C)n12. The lowest BCUT2D eigenvalue weighted by Gasteiger charge is -2.27. The third-order valence-electron chi connectivity index (χ3n) is 8.21. The molecule has 2 bridgehead atoms. The van der Waals surface area contributed by atoms with Crippen LogP contribution in [0, 0.1) is 12.8 Å². The highest BCUT2D eigenvalue weighted by atomic mass is 32.2. The van der Waals surface area contributed by atoms with Crippen molar-refractivity contribution in [1.82, 2.24) is 23.8 Å².